The molecule has 2 aromatic rings. The first-order valence-electron chi connectivity index (χ1n) is 10.2. The van der Waals surface area contributed by atoms with Crippen molar-refractivity contribution in [3.63, 3.8) is 0 Å². The van der Waals surface area contributed by atoms with Crippen LogP contribution in [0.2, 0.25) is 0 Å². The molecule has 1 fully saturated rings. The van der Waals surface area contributed by atoms with Crippen LogP contribution in [0.3, 0.4) is 0 Å². The molecule has 0 saturated heterocycles. The van der Waals surface area contributed by atoms with Crippen LogP contribution in [0.15, 0.2) is 47.4 Å². The van der Waals surface area contributed by atoms with Crippen LogP contribution in [0, 0.1) is 5.82 Å². The average molecular weight is 413 g/mol. The molecule has 4 rings (SSSR count). The zero-order chi connectivity index (χ0) is 20.4. The van der Waals surface area contributed by atoms with E-state index in [0.717, 1.165) is 36.1 Å². The second-order valence-corrected chi connectivity index (χ2v) is 9.16. The Morgan fingerprint density at radius 1 is 1.17 bits per heavy atom. The van der Waals surface area contributed by atoms with Crippen molar-refractivity contribution in [2.45, 2.75) is 55.2 Å². The number of halogens is 1. The molecule has 152 valence electrons. The average Bonchev–Trinajstić information content (AvgIpc) is 3.24. The van der Waals surface area contributed by atoms with Gasteiger partial charge in [-0.25, -0.2) is 4.39 Å². The molecule has 2 amide bonds. The van der Waals surface area contributed by atoms with E-state index in [2.05, 4.69) is 5.32 Å². The highest BCUT2D eigenvalue weighted by Gasteiger charge is 2.29. The molecule has 0 aromatic heterocycles. The third kappa shape index (κ3) is 4.47. The van der Waals surface area contributed by atoms with Gasteiger partial charge in [0, 0.05) is 23.0 Å². The van der Waals surface area contributed by atoms with Crippen LogP contribution in [-0.4, -0.2) is 34.6 Å². The maximum absolute atomic E-state index is 13.4. The smallest absolute Gasteiger partial charge is 0.254 e. The van der Waals surface area contributed by atoms with Crippen molar-refractivity contribution in [3.8, 4) is 0 Å². The lowest BCUT2D eigenvalue weighted by Crippen LogP contribution is -2.40. The number of carbonyl (C=O) groups excluding carboxylic acids is 2. The minimum atomic E-state index is -0.249. The first-order chi connectivity index (χ1) is 14.0. The Morgan fingerprint density at radius 2 is 1.90 bits per heavy atom. The monoisotopic (exact) mass is 412 g/mol. The van der Waals surface area contributed by atoms with Gasteiger partial charge in [0.05, 0.1) is 10.9 Å². The van der Waals surface area contributed by atoms with Crippen LogP contribution < -0.4 is 5.32 Å². The largest absolute Gasteiger partial charge is 0.335 e. The van der Waals surface area contributed by atoms with E-state index in [9.17, 15) is 14.0 Å². The number of benzene rings is 2. The molecule has 4 nitrogen and oxygen atoms in total. The lowest BCUT2D eigenvalue weighted by atomic mass is 10.1. The molecule has 2 aliphatic rings. The second kappa shape index (κ2) is 8.57. The Morgan fingerprint density at radius 3 is 2.62 bits per heavy atom. The van der Waals surface area contributed by atoms with Crippen LogP contribution in [0.5, 0.6) is 0 Å². The van der Waals surface area contributed by atoms with Gasteiger partial charge in [-0.2, -0.15) is 0 Å². The number of amides is 2. The third-order valence-electron chi connectivity index (χ3n) is 5.74. The van der Waals surface area contributed by atoms with Gasteiger partial charge in [-0.15, -0.1) is 11.8 Å². The molecular weight excluding hydrogens is 387 g/mol. The summed E-state index contributed by atoms with van der Waals surface area (Å²) >= 11 is 1.52. The van der Waals surface area contributed by atoms with E-state index in [1.54, 1.807) is 18.2 Å². The Bertz CT molecular complexity index is 910. The molecule has 1 aliphatic carbocycles. The zero-order valence-corrected chi connectivity index (χ0v) is 17.3. The van der Waals surface area contributed by atoms with E-state index in [4.69, 9.17) is 0 Å². The normalized spacial score (nSPS) is 19.0. The van der Waals surface area contributed by atoms with E-state index in [1.807, 2.05) is 24.0 Å². The SMILES string of the molecule is CC1Sc2ccc(C(=O)N(CCc3ccc(F)cc3)C3CCCC3)cc2NC1=O. The third-order valence-corrected chi connectivity index (χ3v) is 6.92. The maximum Gasteiger partial charge on any atom is 0.254 e. The molecule has 6 heteroatoms. The van der Waals surface area contributed by atoms with E-state index in [-0.39, 0.29) is 28.9 Å². The highest BCUT2D eigenvalue weighted by atomic mass is 32.2. The molecule has 1 N–H and O–H groups in total. The minimum Gasteiger partial charge on any atom is -0.335 e. The summed E-state index contributed by atoms with van der Waals surface area (Å²) in [7, 11) is 0. The molecule has 2 aromatic carbocycles. The van der Waals surface area contributed by atoms with Gasteiger partial charge in [-0.1, -0.05) is 25.0 Å². The molecule has 1 saturated carbocycles. The minimum absolute atomic E-state index is 0.000294. The highest BCUT2D eigenvalue weighted by Crippen LogP contribution is 2.36. The summed E-state index contributed by atoms with van der Waals surface area (Å²) in [5.41, 5.74) is 2.34. The Hall–Kier alpha value is -2.34. The lowest BCUT2D eigenvalue weighted by molar-refractivity contribution is -0.115. The van der Waals surface area contributed by atoms with Gasteiger partial charge in [0.15, 0.2) is 0 Å². The quantitative estimate of drug-likeness (QED) is 0.761. The summed E-state index contributed by atoms with van der Waals surface area (Å²) in [5.74, 6) is -0.281. The number of hydrogen-bond donors (Lipinski definition) is 1. The molecule has 29 heavy (non-hydrogen) atoms. The number of nitrogens with one attached hydrogen (secondary N) is 1. The summed E-state index contributed by atoms with van der Waals surface area (Å²) in [6, 6.07) is 12.3. The van der Waals surface area contributed by atoms with Gasteiger partial charge >= 0.3 is 0 Å². The number of nitrogens with zero attached hydrogens (tertiary/aromatic N) is 1. The number of fused-ring (bicyclic) bond motifs is 1. The molecule has 1 atom stereocenters. The predicted octanol–water partition coefficient (Wildman–Crippen LogP) is 4.89. The maximum atomic E-state index is 13.4. The van der Waals surface area contributed by atoms with Crippen molar-refractivity contribution in [1.29, 1.82) is 0 Å². The van der Waals surface area contributed by atoms with E-state index >= 15 is 0 Å². The molecular formula is C23H25FN2O2S. The standard InChI is InChI=1S/C23H25FN2O2S/c1-15-22(27)25-20-14-17(8-11-21(20)29-15)23(28)26(19-4-2-3-5-19)13-12-16-6-9-18(24)10-7-16/h6-11,14-15,19H,2-5,12-13H2,1H3,(H,25,27). The van der Waals surface area contributed by atoms with Crippen LogP contribution in [0.1, 0.15) is 48.5 Å². The Balaban J connectivity index is 1.54. The Kier molecular flexibility index (Phi) is 5.90. The molecule has 0 radical (unpaired) electrons. The zero-order valence-electron chi connectivity index (χ0n) is 16.5. The summed E-state index contributed by atoms with van der Waals surface area (Å²) in [6.45, 7) is 2.48. The van der Waals surface area contributed by atoms with Gasteiger partial charge in [0.1, 0.15) is 5.82 Å². The number of anilines is 1. The molecule has 0 spiro atoms. The predicted molar refractivity (Wildman–Crippen MR) is 114 cm³/mol. The van der Waals surface area contributed by atoms with Gasteiger partial charge < -0.3 is 10.2 Å². The summed E-state index contributed by atoms with van der Waals surface area (Å²) in [5, 5.41) is 2.78. The topological polar surface area (TPSA) is 49.4 Å². The number of carbonyl (C=O) groups is 2. The van der Waals surface area contributed by atoms with Gasteiger partial charge in [0.2, 0.25) is 5.91 Å². The number of hydrogen-bond acceptors (Lipinski definition) is 3. The number of thioether (sulfide) groups is 1. The fourth-order valence-electron chi connectivity index (χ4n) is 4.07. The second-order valence-electron chi connectivity index (χ2n) is 7.77. The van der Waals surface area contributed by atoms with Gasteiger partial charge in [-0.05, 0) is 62.1 Å². The molecule has 0 bridgehead atoms. The van der Waals surface area contributed by atoms with Crippen LogP contribution in [-0.2, 0) is 11.2 Å². The van der Waals surface area contributed by atoms with Crippen molar-refractivity contribution in [2.75, 3.05) is 11.9 Å². The molecule has 1 unspecified atom stereocenters. The lowest BCUT2D eigenvalue weighted by Gasteiger charge is -2.30. The Labute approximate surface area is 174 Å². The van der Waals surface area contributed by atoms with Gasteiger partial charge in [-0.3, -0.25) is 9.59 Å². The van der Waals surface area contributed by atoms with Crippen LogP contribution in [0.25, 0.3) is 0 Å². The van der Waals surface area contributed by atoms with Crippen molar-refractivity contribution in [3.05, 3.63) is 59.4 Å². The first kappa shape index (κ1) is 20.0. The van der Waals surface area contributed by atoms with E-state index in [1.165, 1.54) is 23.9 Å². The highest BCUT2D eigenvalue weighted by molar-refractivity contribution is 8.00. The first-order valence-corrected chi connectivity index (χ1v) is 11.1. The van der Waals surface area contributed by atoms with Crippen LogP contribution >= 0.6 is 11.8 Å². The number of rotatable bonds is 5. The summed E-state index contributed by atoms with van der Waals surface area (Å²) < 4.78 is 13.2. The van der Waals surface area contributed by atoms with Gasteiger partial charge in [0.25, 0.3) is 5.91 Å². The van der Waals surface area contributed by atoms with Crippen LogP contribution in [0.4, 0.5) is 10.1 Å². The summed E-state index contributed by atoms with van der Waals surface area (Å²) in [6.07, 6.45) is 5.01. The van der Waals surface area contributed by atoms with E-state index in [0.29, 0.717) is 24.2 Å². The molecule has 1 heterocycles. The molecule has 1 aliphatic heterocycles. The fourth-order valence-corrected chi connectivity index (χ4v) is 5.00. The van der Waals surface area contributed by atoms with Crippen molar-refractivity contribution >= 4 is 29.3 Å². The summed E-state index contributed by atoms with van der Waals surface area (Å²) in [4.78, 5) is 28.4. The van der Waals surface area contributed by atoms with E-state index < -0.39 is 0 Å². The van der Waals surface area contributed by atoms with Crippen molar-refractivity contribution in [1.82, 2.24) is 4.90 Å². The fraction of sp³-hybridized carbons (Fsp3) is 0.391. The van der Waals surface area contributed by atoms with Crippen molar-refractivity contribution in [2.24, 2.45) is 0 Å². The van der Waals surface area contributed by atoms with Crippen molar-refractivity contribution < 1.29 is 14.0 Å².